The molecule has 1 aliphatic heterocycles. The lowest BCUT2D eigenvalue weighted by Gasteiger charge is -2.35. The van der Waals surface area contributed by atoms with Gasteiger partial charge in [0.15, 0.2) is 0 Å². The molecule has 5 rings (SSSR count). The summed E-state index contributed by atoms with van der Waals surface area (Å²) in [6.45, 7) is 1.89. The van der Waals surface area contributed by atoms with E-state index >= 15 is 0 Å². The van der Waals surface area contributed by atoms with Crippen LogP contribution in [-0.4, -0.2) is 24.5 Å². The molecule has 31 heavy (non-hydrogen) atoms. The third kappa shape index (κ3) is 3.97. The monoisotopic (exact) mass is 411 g/mol. The average molecular weight is 412 g/mol. The van der Waals surface area contributed by atoms with Gasteiger partial charge in [-0.2, -0.15) is 0 Å². The molecule has 2 aliphatic rings. The standard InChI is InChI=1S/C28H29NO2/c30-19-20-14-16-29(17-15-20)24-9-6-22(7-10-24)28-26(21-4-2-1-3-5-21)12-8-23-18-25(31)11-13-27(23)28/h1-7,9-11,13,18-20,26,28,31H,8,12,14-17H2. The Balaban J connectivity index is 1.47. The first-order valence-corrected chi connectivity index (χ1v) is 11.4. The van der Waals surface area contributed by atoms with Crippen molar-refractivity contribution in [2.24, 2.45) is 5.92 Å². The van der Waals surface area contributed by atoms with Crippen LogP contribution < -0.4 is 4.90 Å². The minimum absolute atomic E-state index is 0.220. The maximum absolute atomic E-state index is 11.1. The second-order valence-corrected chi connectivity index (χ2v) is 8.97. The van der Waals surface area contributed by atoms with Crippen molar-refractivity contribution in [1.29, 1.82) is 0 Å². The number of aldehydes is 1. The van der Waals surface area contributed by atoms with E-state index in [0.717, 1.165) is 45.1 Å². The van der Waals surface area contributed by atoms with Crippen LogP contribution in [0.3, 0.4) is 0 Å². The predicted octanol–water partition coefficient (Wildman–Crippen LogP) is 5.67. The summed E-state index contributed by atoms with van der Waals surface area (Å²) in [4.78, 5) is 13.5. The molecule has 2 unspecified atom stereocenters. The van der Waals surface area contributed by atoms with Crippen molar-refractivity contribution in [3.05, 3.63) is 95.1 Å². The van der Waals surface area contributed by atoms with Crippen molar-refractivity contribution in [3.8, 4) is 5.75 Å². The number of carbonyl (C=O) groups excluding carboxylic acids is 1. The highest BCUT2D eigenvalue weighted by molar-refractivity contribution is 5.56. The quantitative estimate of drug-likeness (QED) is 0.563. The van der Waals surface area contributed by atoms with E-state index in [9.17, 15) is 9.90 Å². The number of phenols is 1. The Morgan fingerprint density at radius 2 is 1.58 bits per heavy atom. The minimum atomic E-state index is 0.220. The number of hydrogen-bond donors (Lipinski definition) is 1. The summed E-state index contributed by atoms with van der Waals surface area (Å²) in [7, 11) is 0. The number of benzene rings is 3. The molecule has 1 N–H and O–H groups in total. The van der Waals surface area contributed by atoms with E-state index in [1.54, 1.807) is 0 Å². The van der Waals surface area contributed by atoms with E-state index in [1.165, 1.54) is 27.9 Å². The Morgan fingerprint density at radius 1 is 0.839 bits per heavy atom. The van der Waals surface area contributed by atoms with Crippen molar-refractivity contribution in [2.75, 3.05) is 18.0 Å². The van der Waals surface area contributed by atoms with Crippen LogP contribution in [0.25, 0.3) is 0 Å². The molecule has 3 heteroatoms. The number of carbonyl (C=O) groups is 1. The second-order valence-electron chi connectivity index (χ2n) is 8.97. The van der Waals surface area contributed by atoms with Gasteiger partial charge in [-0.25, -0.2) is 0 Å². The van der Waals surface area contributed by atoms with Gasteiger partial charge in [0.1, 0.15) is 12.0 Å². The fraction of sp³-hybridized carbons (Fsp3) is 0.321. The molecule has 1 aliphatic carbocycles. The van der Waals surface area contributed by atoms with Crippen LogP contribution in [-0.2, 0) is 11.2 Å². The van der Waals surface area contributed by atoms with E-state index in [2.05, 4.69) is 65.6 Å². The van der Waals surface area contributed by atoms with Crippen LogP contribution in [0.15, 0.2) is 72.8 Å². The van der Waals surface area contributed by atoms with Gasteiger partial charge in [-0.05, 0) is 78.1 Å². The molecule has 1 fully saturated rings. The molecule has 0 saturated carbocycles. The molecule has 3 aromatic rings. The second kappa shape index (κ2) is 8.58. The molecule has 2 atom stereocenters. The van der Waals surface area contributed by atoms with Crippen LogP contribution in [0.2, 0.25) is 0 Å². The molecule has 0 aromatic heterocycles. The smallest absolute Gasteiger partial charge is 0.123 e. The number of rotatable bonds is 4. The van der Waals surface area contributed by atoms with E-state index < -0.39 is 0 Å². The highest BCUT2D eigenvalue weighted by Crippen LogP contribution is 2.47. The maximum Gasteiger partial charge on any atom is 0.123 e. The molecular weight excluding hydrogens is 382 g/mol. The predicted molar refractivity (Wildman–Crippen MR) is 125 cm³/mol. The first-order chi connectivity index (χ1) is 15.2. The Labute approximate surface area is 184 Å². The number of hydrogen-bond acceptors (Lipinski definition) is 3. The SMILES string of the molecule is O=CC1CCN(c2ccc(C3c4ccc(O)cc4CCC3c3ccccc3)cc2)CC1. The van der Waals surface area contributed by atoms with Gasteiger partial charge in [0, 0.05) is 30.6 Å². The van der Waals surface area contributed by atoms with Gasteiger partial charge in [0.25, 0.3) is 0 Å². The number of aryl methyl sites for hydroxylation is 1. The van der Waals surface area contributed by atoms with Crippen LogP contribution in [0.5, 0.6) is 5.75 Å². The third-order valence-corrected chi connectivity index (χ3v) is 7.17. The summed E-state index contributed by atoms with van der Waals surface area (Å²) < 4.78 is 0. The maximum atomic E-state index is 11.1. The third-order valence-electron chi connectivity index (χ3n) is 7.17. The zero-order valence-electron chi connectivity index (χ0n) is 17.8. The zero-order chi connectivity index (χ0) is 21.2. The molecule has 158 valence electrons. The lowest BCUT2D eigenvalue weighted by Crippen LogP contribution is -2.34. The average Bonchev–Trinajstić information content (AvgIpc) is 2.84. The van der Waals surface area contributed by atoms with Crippen molar-refractivity contribution in [1.82, 2.24) is 0 Å². The number of phenolic OH excluding ortho intramolecular Hbond substituents is 1. The number of aromatic hydroxyl groups is 1. The zero-order valence-corrected chi connectivity index (χ0v) is 17.8. The summed E-state index contributed by atoms with van der Waals surface area (Å²) in [6.07, 6.45) is 5.07. The van der Waals surface area contributed by atoms with Gasteiger partial charge in [0.05, 0.1) is 0 Å². The Bertz CT molecular complexity index is 1040. The largest absolute Gasteiger partial charge is 0.508 e. The Morgan fingerprint density at radius 3 is 2.29 bits per heavy atom. The Kier molecular flexibility index (Phi) is 5.50. The lowest BCUT2D eigenvalue weighted by molar-refractivity contribution is -0.111. The van der Waals surface area contributed by atoms with Gasteiger partial charge in [-0.3, -0.25) is 0 Å². The molecule has 3 aromatic carbocycles. The van der Waals surface area contributed by atoms with Crippen molar-refractivity contribution >= 4 is 12.0 Å². The van der Waals surface area contributed by atoms with Gasteiger partial charge in [-0.15, -0.1) is 0 Å². The molecule has 0 spiro atoms. The van der Waals surface area contributed by atoms with Gasteiger partial charge >= 0.3 is 0 Å². The minimum Gasteiger partial charge on any atom is -0.508 e. The van der Waals surface area contributed by atoms with Crippen molar-refractivity contribution < 1.29 is 9.90 Å². The molecular formula is C28H29NO2. The summed E-state index contributed by atoms with van der Waals surface area (Å²) >= 11 is 0. The van der Waals surface area contributed by atoms with Gasteiger partial charge < -0.3 is 14.8 Å². The molecule has 1 heterocycles. The number of fused-ring (bicyclic) bond motifs is 1. The summed E-state index contributed by atoms with van der Waals surface area (Å²) in [5.74, 6) is 1.27. The van der Waals surface area contributed by atoms with Gasteiger partial charge in [-0.1, -0.05) is 48.5 Å². The Hall–Kier alpha value is -3.07. The number of piperidine rings is 1. The normalized spacial score (nSPS) is 21.5. The van der Waals surface area contributed by atoms with E-state index in [-0.39, 0.29) is 11.8 Å². The van der Waals surface area contributed by atoms with Crippen molar-refractivity contribution in [2.45, 2.75) is 37.5 Å². The number of anilines is 1. The molecule has 0 amide bonds. The van der Waals surface area contributed by atoms with Gasteiger partial charge in [0.2, 0.25) is 0 Å². The molecule has 0 bridgehead atoms. The first kappa shape index (κ1) is 19.9. The van der Waals surface area contributed by atoms with Crippen LogP contribution in [0, 0.1) is 5.92 Å². The number of nitrogens with zero attached hydrogens (tertiary/aromatic N) is 1. The summed E-state index contributed by atoms with van der Waals surface area (Å²) in [5, 5.41) is 10.0. The van der Waals surface area contributed by atoms with E-state index in [0.29, 0.717) is 11.7 Å². The van der Waals surface area contributed by atoms with E-state index in [4.69, 9.17) is 0 Å². The fourth-order valence-electron chi connectivity index (χ4n) is 5.46. The molecule has 0 radical (unpaired) electrons. The van der Waals surface area contributed by atoms with Crippen LogP contribution >= 0.6 is 0 Å². The van der Waals surface area contributed by atoms with E-state index in [1.807, 2.05) is 12.1 Å². The first-order valence-electron chi connectivity index (χ1n) is 11.4. The lowest BCUT2D eigenvalue weighted by atomic mass is 9.69. The van der Waals surface area contributed by atoms with Crippen LogP contribution in [0.4, 0.5) is 5.69 Å². The van der Waals surface area contributed by atoms with Crippen molar-refractivity contribution in [3.63, 3.8) is 0 Å². The summed E-state index contributed by atoms with van der Waals surface area (Å²) in [5.41, 5.74) is 6.54. The van der Waals surface area contributed by atoms with Crippen LogP contribution in [0.1, 0.15) is 53.4 Å². The topological polar surface area (TPSA) is 40.5 Å². The molecule has 1 saturated heterocycles. The highest BCUT2D eigenvalue weighted by Gasteiger charge is 2.32. The summed E-state index contributed by atoms with van der Waals surface area (Å²) in [6, 6.07) is 25.8. The molecule has 3 nitrogen and oxygen atoms in total. The fourth-order valence-corrected chi connectivity index (χ4v) is 5.46. The highest BCUT2D eigenvalue weighted by atomic mass is 16.3.